The predicted molar refractivity (Wildman–Crippen MR) is 52.4 cm³/mol. The highest BCUT2D eigenvalue weighted by Crippen LogP contribution is 2.19. The maximum absolute atomic E-state index is 9.69. The second-order valence-corrected chi connectivity index (χ2v) is 3.50. The molecule has 1 aromatic heterocycles. The Hall–Kier alpha value is -0.640. The van der Waals surface area contributed by atoms with Gasteiger partial charge in [-0.2, -0.15) is 0 Å². The lowest BCUT2D eigenvalue weighted by Gasteiger charge is -2.15. The Morgan fingerprint density at radius 2 is 2.31 bits per heavy atom. The fourth-order valence-electron chi connectivity index (χ4n) is 0.983. The second-order valence-electron chi connectivity index (χ2n) is 3.06. The minimum absolute atomic E-state index is 0.00803. The first-order chi connectivity index (χ1) is 6.15. The number of nitrogens with two attached hydrogens (primary N) is 1. The summed E-state index contributed by atoms with van der Waals surface area (Å²) in [7, 11) is 0. The number of rotatable bonds is 3. The average molecular weight is 201 g/mol. The highest BCUT2D eigenvalue weighted by molar-refractivity contribution is 6.30. The molecule has 0 saturated heterocycles. The van der Waals surface area contributed by atoms with Crippen LogP contribution in [0.4, 0.5) is 0 Å². The summed E-state index contributed by atoms with van der Waals surface area (Å²) in [6.07, 6.45) is 0.908. The summed E-state index contributed by atoms with van der Waals surface area (Å²) in [5.74, 6) is 0.00803. The lowest BCUT2D eigenvalue weighted by atomic mass is 10.0. The largest absolute Gasteiger partial charge is 0.386 e. The summed E-state index contributed by atoms with van der Waals surface area (Å²) in [6, 6.07) is 3.41. The van der Waals surface area contributed by atoms with Crippen LogP contribution in [0.1, 0.15) is 18.7 Å². The third-order valence-corrected chi connectivity index (χ3v) is 2.19. The first-order valence-corrected chi connectivity index (χ1v) is 4.52. The molecule has 0 aliphatic carbocycles. The van der Waals surface area contributed by atoms with Gasteiger partial charge in [0.2, 0.25) is 0 Å². The van der Waals surface area contributed by atoms with Gasteiger partial charge in [0.1, 0.15) is 0 Å². The number of aliphatic hydroxyl groups excluding tert-OH is 1. The van der Waals surface area contributed by atoms with Crippen LogP contribution in [0, 0.1) is 5.92 Å². The summed E-state index contributed by atoms with van der Waals surface area (Å²) in [5.41, 5.74) is 6.04. The quantitative estimate of drug-likeness (QED) is 0.775. The van der Waals surface area contributed by atoms with E-state index in [9.17, 15) is 5.11 Å². The molecule has 1 heterocycles. The molecule has 2 atom stereocenters. The third-order valence-electron chi connectivity index (χ3n) is 1.96. The minimum atomic E-state index is -0.609. The molecule has 0 aromatic carbocycles. The molecule has 4 heteroatoms. The number of aliphatic hydroxyl groups is 1. The van der Waals surface area contributed by atoms with Crippen molar-refractivity contribution in [1.82, 2.24) is 4.98 Å². The predicted octanol–water partition coefficient (Wildman–Crippen LogP) is 1.36. The van der Waals surface area contributed by atoms with Gasteiger partial charge >= 0.3 is 0 Å². The molecule has 72 valence electrons. The van der Waals surface area contributed by atoms with Crippen molar-refractivity contribution in [3.05, 3.63) is 29.0 Å². The highest BCUT2D eigenvalue weighted by atomic mass is 35.5. The van der Waals surface area contributed by atoms with Crippen molar-refractivity contribution >= 4 is 11.6 Å². The van der Waals surface area contributed by atoms with Crippen LogP contribution in [0.2, 0.25) is 5.02 Å². The molecule has 3 N–H and O–H groups in total. The smallest absolute Gasteiger partial charge is 0.0997 e. The van der Waals surface area contributed by atoms with Crippen molar-refractivity contribution < 1.29 is 5.11 Å². The van der Waals surface area contributed by atoms with E-state index in [1.807, 2.05) is 6.92 Å². The molecule has 0 aliphatic rings. The molecule has 0 radical (unpaired) electrons. The Bertz CT molecular complexity index is 263. The second kappa shape index (κ2) is 4.56. The van der Waals surface area contributed by atoms with E-state index in [-0.39, 0.29) is 5.92 Å². The van der Waals surface area contributed by atoms with E-state index in [1.54, 1.807) is 12.1 Å². The molecule has 3 nitrogen and oxygen atoms in total. The Balaban J connectivity index is 2.77. The maximum Gasteiger partial charge on any atom is 0.0997 e. The van der Waals surface area contributed by atoms with Crippen molar-refractivity contribution in [1.29, 1.82) is 0 Å². The van der Waals surface area contributed by atoms with Crippen molar-refractivity contribution in [2.45, 2.75) is 13.0 Å². The number of halogens is 1. The van der Waals surface area contributed by atoms with Gasteiger partial charge in [-0.3, -0.25) is 4.98 Å². The van der Waals surface area contributed by atoms with Gasteiger partial charge in [0.05, 0.1) is 16.8 Å². The molecule has 0 fully saturated rings. The molecule has 13 heavy (non-hydrogen) atoms. The van der Waals surface area contributed by atoms with Crippen molar-refractivity contribution in [3.8, 4) is 0 Å². The van der Waals surface area contributed by atoms with Crippen LogP contribution in [0.3, 0.4) is 0 Å². The lowest BCUT2D eigenvalue weighted by molar-refractivity contribution is 0.117. The monoisotopic (exact) mass is 200 g/mol. The highest BCUT2D eigenvalue weighted by Gasteiger charge is 2.15. The molecular weight excluding hydrogens is 188 g/mol. The zero-order chi connectivity index (χ0) is 9.84. The molecule has 1 aromatic rings. The van der Waals surface area contributed by atoms with Gasteiger partial charge in [0.25, 0.3) is 0 Å². The fraction of sp³-hybridized carbons (Fsp3) is 0.444. The van der Waals surface area contributed by atoms with E-state index in [0.717, 1.165) is 0 Å². The van der Waals surface area contributed by atoms with Gasteiger partial charge in [0.15, 0.2) is 0 Å². The van der Waals surface area contributed by atoms with E-state index in [1.165, 1.54) is 6.20 Å². The summed E-state index contributed by atoms with van der Waals surface area (Å²) in [4.78, 5) is 4.01. The number of nitrogens with zero attached hydrogens (tertiary/aromatic N) is 1. The summed E-state index contributed by atoms with van der Waals surface area (Å²) in [5, 5.41) is 10.3. The van der Waals surface area contributed by atoms with E-state index in [4.69, 9.17) is 17.3 Å². The normalized spacial score (nSPS) is 15.4. The first kappa shape index (κ1) is 10.4. The zero-order valence-corrected chi connectivity index (χ0v) is 8.20. The van der Waals surface area contributed by atoms with Crippen LogP contribution in [0.5, 0.6) is 0 Å². The van der Waals surface area contributed by atoms with E-state index in [0.29, 0.717) is 17.3 Å². The van der Waals surface area contributed by atoms with E-state index < -0.39 is 6.10 Å². The Morgan fingerprint density at radius 3 is 2.77 bits per heavy atom. The number of hydrogen-bond donors (Lipinski definition) is 2. The molecule has 0 amide bonds. The van der Waals surface area contributed by atoms with Crippen molar-refractivity contribution in [2.24, 2.45) is 11.7 Å². The summed E-state index contributed by atoms with van der Waals surface area (Å²) >= 11 is 5.66. The van der Waals surface area contributed by atoms with Crippen LogP contribution >= 0.6 is 11.6 Å². The van der Waals surface area contributed by atoms with Gasteiger partial charge in [-0.1, -0.05) is 18.5 Å². The molecule has 0 bridgehead atoms. The van der Waals surface area contributed by atoms with Crippen LogP contribution in [-0.4, -0.2) is 16.6 Å². The topological polar surface area (TPSA) is 59.1 Å². The van der Waals surface area contributed by atoms with Gasteiger partial charge < -0.3 is 10.8 Å². The van der Waals surface area contributed by atoms with Crippen molar-refractivity contribution in [3.63, 3.8) is 0 Å². The molecule has 0 aliphatic heterocycles. The van der Waals surface area contributed by atoms with Crippen LogP contribution in [0.25, 0.3) is 0 Å². The SMILES string of the molecule is CC(CN)C(O)c1ccc(Cl)cn1. The molecule has 0 spiro atoms. The Labute approximate surface area is 82.5 Å². The third kappa shape index (κ3) is 2.66. The van der Waals surface area contributed by atoms with Gasteiger partial charge in [-0.15, -0.1) is 0 Å². The molecular formula is C9H13ClN2O. The fourth-order valence-corrected chi connectivity index (χ4v) is 1.09. The molecule has 2 unspecified atom stereocenters. The van der Waals surface area contributed by atoms with E-state index >= 15 is 0 Å². The van der Waals surface area contributed by atoms with Gasteiger partial charge in [0, 0.05) is 6.20 Å². The van der Waals surface area contributed by atoms with Gasteiger partial charge in [-0.25, -0.2) is 0 Å². The maximum atomic E-state index is 9.69. The van der Waals surface area contributed by atoms with Gasteiger partial charge in [-0.05, 0) is 24.6 Å². The number of hydrogen-bond acceptors (Lipinski definition) is 3. The zero-order valence-electron chi connectivity index (χ0n) is 7.44. The lowest BCUT2D eigenvalue weighted by Crippen LogP contribution is -2.19. The number of pyridine rings is 1. The summed E-state index contributed by atoms with van der Waals surface area (Å²) in [6.45, 7) is 2.31. The molecule has 0 saturated carbocycles. The van der Waals surface area contributed by atoms with E-state index in [2.05, 4.69) is 4.98 Å². The molecule has 1 rings (SSSR count). The Morgan fingerprint density at radius 1 is 1.62 bits per heavy atom. The van der Waals surface area contributed by atoms with Crippen molar-refractivity contribution in [2.75, 3.05) is 6.54 Å². The number of aromatic nitrogens is 1. The Kier molecular flexibility index (Phi) is 3.66. The van der Waals surface area contributed by atoms with Crippen LogP contribution in [0.15, 0.2) is 18.3 Å². The average Bonchev–Trinajstić information content (AvgIpc) is 2.17. The summed E-state index contributed by atoms with van der Waals surface area (Å²) < 4.78 is 0. The van der Waals surface area contributed by atoms with Crippen LogP contribution in [-0.2, 0) is 0 Å². The van der Waals surface area contributed by atoms with Crippen LogP contribution < -0.4 is 5.73 Å². The first-order valence-electron chi connectivity index (χ1n) is 4.14. The minimum Gasteiger partial charge on any atom is -0.386 e. The standard InChI is InChI=1S/C9H13ClN2O/c1-6(4-11)9(13)8-3-2-7(10)5-12-8/h2-3,5-6,9,13H,4,11H2,1H3.